The Hall–Kier alpha value is -3.96. The first kappa shape index (κ1) is 23.2. The maximum atomic E-state index is 15.0. The number of aromatic nitrogens is 5. The maximum Gasteiger partial charge on any atom is 0.343 e. The van der Waals surface area contributed by atoms with Gasteiger partial charge in [0.1, 0.15) is 18.1 Å². The topological polar surface area (TPSA) is 132 Å². The third-order valence-corrected chi connectivity index (χ3v) is 8.39. The van der Waals surface area contributed by atoms with Gasteiger partial charge >= 0.3 is 5.97 Å². The fraction of sp³-hybridized carbons (Fsp3) is 0.370. The number of cyclic esters (lactones) is 1. The number of fused-ring (bicyclic) bond motifs is 5. The van der Waals surface area contributed by atoms with E-state index < -0.39 is 11.6 Å². The van der Waals surface area contributed by atoms with Crippen LogP contribution < -0.4 is 5.56 Å². The number of esters is 1. The third kappa shape index (κ3) is 2.85. The molecule has 0 saturated heterocycles. The van der Waals surface area contributed by atoms with Gasteiger partial charge in [-0.3, -0.25) is 4.79 Å². The van der Waals surface area contributed by atoms with Gasteiger partial charge in [-0.1, -0.05) is 12.1 Å². The molecule has 0 amide bonds. The lowest BCUT2D eigenvalue weighted by molar-refractivity contribution is -0.172. The molecule has 10 nitrogen and oxygen atoms in total. The molecule has 2 aliphatic heterocycles. The lowest BCUT2D eigenvalue weighted by atomic mass is 9.81. The zero-order valence-corrected chi connectivity index (χ0v) is 20.8. The van der Waals surface area contributed by atoms with E-state index >= 15 is 4.39 Å². The normalized spacial score (nSPS) is 21.3. The van der Waals surface area contributed by atoms with Gasteiger partial charge in [-0.2, -0.15) is 0 Å². The molecule has 0 unspecified atom stereocenters. The van der Waals surface area contributed by atoms with Crippen molar-refractivity contribution in [3.8, 4) is 11.4 Å². The molecule has 1 aromatic carbocycles. The van der Waals surface area contributed by atoms with Crippen molar-refractivity contribution in [1.29, 1.82) is 0 Å². The Labute approximate surface area is 215 Å². The van der Waals surface area contributed by atoms with Crippen LogP contribution >= 0.6 is 0 Å². The van der Waals surface area contributed by atoms with Gasteiger partial charge in [0.25, 0.3) is 5.56 Å². The minimum absolute atomic E-state index is 0.0421. The van der Waals surface area contributed by atoms with Gasteiger partial charge in [0.05, 0.1) is 47.9 Å². The fourth-order valence-corrected chi connectivity index (χ4v) is 6.33. The number of nitrogens with zero attached hydrogens (tertiary/aromatic N) is 5. The summed E-state index contributed by atoms with van der Waals surface area (Å²) in [7, 11) is 0. The quantitative estimate of drug-likeness (QED) is 0.348. The van der Waals surface area contributed by atoms with Crippen molar-refractivity contribution in [3.63, 3.8) is 0 Å². The molecule has 2 atom stereocenters. The SMILES string of the molecule is CC[C@@]1(O)C(=O)OCc2c1cc1n(c2=O)Cc2c-1nc1cc(F)c(C)c3c1c2[C@@H](n1cc(CO)nn1)CC3. The van der Waals surface area contributed by atoms with Crippen molar-refractivity contribution in [3.05, 3.63) is 73.6 Å². The molecule has 2 N–H and O–H groups in total. The van der Waals surface area contributed by atoms with E-state index in [1.807, 2.05) is 0 Å². The number of aliphatic hydroxyl groups excluding tert-OH is 1. The van der Waals surface area contributed by atoms with Crippen LogP contribution in [0.3, 0.4) is 0 Å². The van der Waals surface area contributed by atoms with Crippen LogP contribution in [0.25, 0.3) is 22.3 Å². The first-order valence-electron chi connectivity index (χ1n) is 12.6. The number of aliphatic hydroxyl groups is 2. The molecule has 1 aliphatic carbocycles. The molecule has 194 valence electrons. The number of ether oxygens (including phenoxy) is 1. The first-order chi connectivity index (χ1) is 18.3. The van der Waals surface area contributed by atoms with Crippen LogP contribution in [0.15, 0.2) is 23.1 Å². The molecule has 7 rings (SSSR count). The van der Waals surface area contributed by atoms with Crippen LogP contribution in [0.5, 0.6) is 0 Å². The lowest BCUT2D eigenvalue weighted by Gasteiger charge is -2.31. The van der Waals surface area contributed by atoms with Gasteiger partial charge in [-0.25, -0.2) is 18.9 Å². The highest BCUT2D eigenvalue weighted by Crippen LogP contribution is 2.46. The molecule has 5 heterocycles. The van der Waals surface area contributed by atoms with Crippen molar-refractivity contribution in [2.75, 3.05) is 0 Å². The van der Waals surface area contributed by atoms with Gasteiger partial charge in [-0.15, -0.1) is 5.10 Å². The van der Waals surface area contributed by atoms with E-state index in [-0.39, 0.29) is 54.7 Å². The summed E-state index contributed by atoms with van der Waals surface area (Å²) in [6, 6.07) is 2.80. The number of carbonyl (C=O) groups is 1. The second kappa shape index (κ2) is 7.78. The number of carbonyl (C=O) groups excluding carboxylic acids is 1. The standard InChI is InChI=1S/C27H24FN5O5/c1-3-27(37)17-6-21-24-15(9-32(21)25(35)16(17)11-38-26(27)36)23-20(33-8-13(10-34)30-31-33)5-4-14-12(2)18(28)7-19(29-24)22(14)23/h6-8,20,34,37H,3-5,9-11H2,1-2H3/t20-,27-/m0/s1. The molecule has 0 radical (unpaired) electrons. The number of halogens is 1. The molecule has 3 aliphatic rings. The van der Waals surface area contributed by atoms with Crippen LogP contribution in [0.4, 0.5) is 4.39 Å². The van der Waals surface area contributed by atoms with E-state index in [0.717, 1.165) is 22.1 Å². The Morgan fingerprint density at radius 2 is 2.05 bits per heavy atom. The zero-order chi connectivity index (χ0) is 26.5. The molecule has 0 fully saturated rings. The van der Waals surface area contributed by atoms with Crippen LogP contribution in [-0.2, 0) is 41.3 Å². The maximum absolute atomic E-state index is 15.0. The number of benzene rings is 1. The first-order valence-corrected chi connectivity index (χ1v) is 12.6. The molecule has 0 saturated carbocycles. The lowest BCUT2D eigenvalue weighted by Crippen LogP contribution is -2.44. The molecule has 38 heavy (non-hydrogen) atoms. The van der Waals surface area contributed by atoms with Gasteiger partial charge in [0, 0.05) is 22.6 Å². The Kier molecular flexibility index (Phi) is 4.74. The van der Waals surface area contributed by atoms with E-state index in [9.17, 15) is 19.8 Å². The smallest absolute Gasteiger partial charge is 0.343 e. The average Bonchev–Trinajstić information content (AvgIpc) is 3.55. The number of hydrogen-bond donors (Lipinski definition) is 2. The predicted octanol–water partition coefficient (Wildman–Crippen LogP) is 2.15. The second-order valence-corrected chi connectivity index (χ2v) is 10.2. The minimum Gasteiger partial charge on any atom is -0.458 e. The molecule has 11 heteroatoms. The Bertz CT molecular complexity index is 1780. The zero-order valence-electron chi connectivity index (χ0n) is 20.8. The summed E-state index contributed by atoms with van der Waals surface area (Å²) < 4.78 is 23.5. The van der Waals surface area contributed by atoms with E-state index in [1.165, 1.54) is 6.07 Å². The van der Waals surface area contributed by atoms with E-state index in [2.05, 4.69) is 10.3 Å². The summed E-state index contributed by atoms with van der Waals surface area (Å²) in [5.41, 5.74) is 3.20. The molecule has 4 aromatic rings. The second-order valence-electron chi connectivity index (χ2n) is 10.2. The fourth-order valence-electron chi connectivity index (χ4n) is 6.33. The highest BCUT2D eigenvalue weighted by molar-refractivity contribution is 5.93. The number of rotatable bonds is 3. The van der Waals surface area contributed by atoms with Gasteiger partial charge in [0.15, 0.2) is 5.60 Å². The molecule has 3 aromatic heterocycles. The Morgan fingerprint density at radius 3 is 2.79 bits per heavy atom. The largest absolute Gasteiger partial charge is 0.458 e. The average molecular weight is 518 g/mol. The van der Waals surface area contributed by atoms with Crippen LogP contribution in [0.1, 0.15) is 64.9 Å². The highest BCUT2D eigenvalue weighted by Gasteiger charge is 2.46. The van der Waals surface area contributed by atoms with Crippen molar-refractivity contribution in [2.45, 2.75) is 64.5 Å². The van der Waals surface area contributed by atoms with E-state index in [1.54, 1.807) is 35.4 Å². The number of aryl methyl sites for hydroxylation is 1. The summed E-state index contributed by atoms with van der Waals surface area (Å²) in [5.74, 6) is -1.14. The molecule has 0 spiro atoms. The summed E-state index contributed by atoms with van der Waals surface area (Å²) in [6.07, 6.45) is 2.97. The van der Waals surface area contributed by atoms with Crippen molar-refractivity contribution in [1.82, 2.24) is 24.5 Å². The van der Waals surface area contributed by atoms with E-state index in [0.29, 0.717) is 41.0 Å². The Balaban J connectivity index is 1.54. The highest BCUT2D eigenvalue weighted by atomic mass is 19.1. The molecule has 0 bridgehead atoms. The van der Waals surface area contributed by atoms with Crippen molar-refractivity contribution >= 4 is 16.9 Å². The van der Waals surface area contributed by atoms with Crippen molar-refractivity contribution < 1.29 is 24.1 Å². The predicted molar refractivity (Wildman–Crippen MR) is 132 cm³/mol. The third-order valence-electron chi connectivity index (χ3n) is 8.39. The summed E-state index contributed by atoms with van der Waals surface area (Å²) >= 11 is 0. The number of pyridine rings is 2. The van der Waals surface area contributed by atoms with Crippen LogP contribution in [0.2, 0.25) is 0 Å². The van der Waals surface area contributed by atoms with Gasteiger partial charge in [0.2, 0.25) is 0 Å². The van der Waals surface area contributed by atoms with Gasteiger partial charge < -0.3 is 19.5 Å². The minimum atomic E-state index is -1.93. The van der Waals surface area contributed by atoms with Crippen LogP contribution in [0, 0.1) is 12.7 Å². The molecular formula is C27H24FN5O5. The molecular weight excluding hydrogens is 493 g/mol. The van der Waals surface area contributed by atoms with Crippen molar-refractivity contribution in [2.24, 2.45) is 0 Å². The Morgan fingerprint density at radius 1 is 1.24 bits per heavy atom. The number of hydrogen-bond acceptors (Lipinski definition) is 8. The summed E-state index contributed by atoms with van der Waals surface area (Å²) in [6.45, 7) is 3.18. The van der Waals surface area contributed by atoms with E-state index in [4.69, 9.17) is 9.72 Å². The monoisotopic (exact) mass is 517 g/mol. The summed E-state index contributed by atoms with van der Waals surface area (Å²) in [4.78, 5) is 31.0. The van der Waals surface area contributed by atoms with Gasteiger partial charge in [-0.05, 0) is 48.9 Å². The summed E-state index contributed by atoms with van der Waals surface area (Å²) in [5, 5.41) is 29.9. The van der Waals surface area contributed by atoms with Crippen LogP contribution in [-0.4, -0.2) is 40.7 Å².